The number of carboxylic acid groups (broad SMARTS) is 1. The Morgan fingerprint density at radius 1 is 1.53 bits per heavy atom. The van der Waals surface area contributed by atoms with Gasteiger partial charge in [-0.3, -0.25) is 9.48 Å². The van der Waals surface area contributed by atoms with Crippen LogP contribution < -0.4 is 0 Å². The van der Waals surface area contributed by atoms with Crippen molar-refractivity contribution in [3.05, 3.63) is 18.5 Å². The number of aromatic nitrogens is 2. The van der Waals surface area contributed by atoms with Crippen LogP contribution in [0.3, 0.4) is 0 Å². The molecule has 0 spiro atoms. The highest BCUT2D eigenvalue weighted by atomic mass is 16.4. The molecule has 5 heteroatoms. The molecule has 1 atom stereocenters. The second kappa shape index (κ2) is 4.87. The molecule has 1 aliphatic heterocycles. The number of nitrogens with zero attached hydrogens (tertiary/aromatic N) is 3. The lowest BCUT2D eigenvalue weighted by Gasteiger charge is -2.23. The normalized spacial score (nSPS) is 25.2. The van der Waals surface area contributed by atoms with E-state index in [1.807, 2.05) is 23.9 Å². The van der Waals surface area contributed by atoms with Crippen molar-refractivity contribution in [1.29, 1.82) is 0 Å². The molecule has 0 aromatic carbocycles. The maximum atomic E-state index is 11.3. The Morgan fingerprint density at radius 3 is 2.88 bits per heavy atom. The lowest BCUT2D eigenvalue weighted by Crippen LogP contribution is -2.35. The largest absolute Gasteiger partial charge is 0.481 e. The van der Waals surface area contributed by atoms with Crippen LogP contribution in [-0.4, -0.2) is 45.4 Å². The minimum atomic E-state index is -0.651. The summed E-state index contributed by atoms with van der Waals surface area (Å²) in [6.07, 6.45) is 5.16. The molecule has 0 saturated carbocycles. The third-order valence-corrected chi connectivity index (χ3v) is 3.77. The van der Waals surface area contributed by atoms with Gasteiger partial charge in [0.15, 0.2) is 0 Å². The second-order valence-electron chi connectivity index (χ2n) is 4.73. The van der Waals surface area contributed by atoms with Gasteiger partial charge in [0.1, 0.15) is 0 Å². The molecule has 2 rings (SSSR count). The third kappa shape index (κ3) is 2.49. The molecule has 0 amide bonds. The number of likely N-dealkylation sites (tertiary alicyclic amines) is 1. The first-order valence-corrected chi connectivity index (χ1v) is 6.09. The number of carbonyl (C=O) groups is 1. The van der Waals surface area contributed by atoms with E-state index >= 15 is 0 Å². The molecule has 2 heterocycles. The Bertz CT molecular complexity index is 377. The van der Waals surface area contributed by atoms with Crippen LogP contribution in [0.5, 0.6) is 0 Å². The number of aliphatic carboxylic acids is 1. The fourth-order valence-electron chi connectivity index (χ4n) is 2.44. The van der Waals surface area contributed by atoms with Crippen molar-refractivity contribution in [2.24, 2.45) is 5.41 Å². The van der Waals surface area contributed by atoms with Crippen molar-refractivity contribution < 1.29 is 9.90 Å². The van der Waals surface area contributed by atoms with E-state index in [1.165, 1.54) is 0 Å². The quantitative estimate of drug-likeness (QED) is 0.832. The average molecular weight is 237 g/mol. The summed E-state index contributed by atoms with van der Waals surface area (Å²) in [4.78, 5) is 13.5. The van der Waals surface area contributed by atoms with Crippen LogP contribution in [0.4, 0.5) is 0 Å². The summed E-state index contributed by atoms with van der Waals surface area (Å²) in [6, 6.07) is 1.90. The Balaban J connectivity index is 1.87. The zero-order chi connectivity index (χ0) is 12.3. The van der Waals surface area contributed by atoms with Crippen molar-refractivity contribution in [3.8, 4) is 0 Å². The lowest BCUT2D eigenvalue weighted by atomic mass is 9.84. The fourth-order valence-corrected chi connectivity index (χ4v) is 2.44. The molecule has 1 unspecified atom stereocenters. The number of carboxylic acids is 1. The van der Waals surface area contributed by atoms with Gasteiger partial charge >= 0.3 is 5.97 Å². The van der Waals surface area contributed by atoms with Crippen molar-refractivity contribution in [2.75, 3.05) is 19.6 Å². The number of hydrogen-bond donors (Lipinski definition) is 1. The summed E-state index contributed by atoms with van der Waals surface area (Å²) < 4.78 is 1.88. The standard InChI is InChI=1S/C12H19N3O2/c1-2-12(11(16)17)4-7-14(10-12)8-9-15-6-3-5-13-15/h3,5-6H,2,4,7-10H2,1H3,(H,16,17). The van der Waals surface area contributed by atoms with Gasteiger partial charge < -0.3 is 10.0 Å². The molecule has 1 aromatic heterocycles. The zero-order valence-corrected chi connectivity index (χ0v) is 10.2. The first kappa shape index (κ1) is 12.1. The van der Waals surface area contributed by atoms with E-state index in [1.54, 1.807) is 6.20 Å². The van der Waals surface area contributed by atoms with E-state index in [0.717, 1.165) is 26.1 Å². The molecule has 1 aliphatic rings. The topological polar surface area (TPSA) is 58.4 Å². The van der Waals surface area contributed by atoms with Crippen LogP contribution in [0, 0.1) is 5.41 Å². The van der Waals surface area contributed by atoms with Crippen LogP contribution in [-0.2, 0) is 11.3 Å². The molecule has 17 heavy (non-hydrogen) atoms. The highest BCUT2D eigenvalue weighted by Gasteiger charge is 2.42. The van der Waals surface area contributed by atoms with Gasteiger partial charge in [-0.05, 0) is 25.5 Å². The van der Waals surface area contributed by atoms with Gasteiger partial charge in [-0.2, -0.15) is 5.10 Å². The first-order chi connectivity index (χ1) is 8.16. The van der Waals surface area contributed by atoms with Crippen LogP contribution in [0.15, 0.2) is 18.5 Å². The molecule has 1 N–H and O–H groups in total. The molecule has 1 saturated heterocycles. The summed E-state index contributed by atoms with van der Waals surface area (Å²) in [7, 11) is 0. The zero-order valence-electron chi connectivity index (χ0n) is 10.2. The van der Waals surface area contributed by atoms with Gasteiger partial charge in [-0.15, -0.1) is 0 Å². The Hall–Kier alpha value is -1.36. The van der Waals surface area contributed by atoms with Crippen molar-refractivity contribution in [3.63, 3.8) is 0 Å². The average Bonchev–Trinajstić information content (AvgIpc) is 2.96. The van der Waals surface area contributed by atoms with Gasteiger partial charge in [-0.1, -0.05) is 6.92 Å². The second-order valence-corrected chi connectivity index (χ2v) is 4.73. The Kier molecular flexibility index (Phi) is 3.47. The molecule has 0 bridgehead atoms. The minimum Gasteiger partial charge on any atom is -0.481 e. The van der Waals surface area contributed by atoms with Crippen molar-refractivity contribution in [2.45, 2.75) is 26.3 Å². The van der Waals surface area contributed by atoms with Crippen LogP contribution in [0.1, 0.15) is 19.8 Å². The van der Waals surface area contributed by atoms with E-state index in [2.05, 4.69) is 10.00 Å². The van der Waals surface area contributed by atoms with E-state index in [0.29, 0.717) is 13.0 Å². The Labute approximate surface area is 101 Å². The van der Waals surface area contributed by atoms with E-state index in [-0.39, 0.29) is 0 Å². The number of rotatable bonds is 5. The van der Waals surface area contributed by atoms with Crippen LogP contribution in [0.2, 0.25) is 0 Å². The molecular formula is C12H19N3O2. The smallest absolute Gasteiger partial charge is 0.310 e. The first-order valence-electron chi connectivity index (χ1n) is 6.09. The van der Waals surface area contributed by atoms with Gasteiger partial charge in [0, 0.05) is 25.5 Å². The van der Waals surface area contributed by atoms with E-state index in [9.17, 15) is 9.90 Å². The molecule has 1 fully saturated rings. The molecule has 1 aromatic rings. The maximum Gasteiger partial charge on any atom is 0.310 e. The van der Waals surface area contributed by atoms with Gasteiger partial charge in [0.2, 0.25) is 0 Å². The van der Waals surface area contributed by atoms with Gasteiger partial charge in [0.25, 0.3) is 0 Å². The maximum absolute atomic E-state index is 11.3. The monoisotopic (exact) mass is 237 g/mol. The highest BCUT2D eigenvalue weighted by molar-refractivity contribution is 5.75. The SMILES string of the molecule is CCC1(C(=O)O)CCN(CCn2cccn2)C1. The number of hydrogen-bond acceptors (Lipinski definition) is 3. The van der Waals surface area contributed by atoms with E-state index < -0.39 is 11.4 Å². The predicted octanol–water partition coefficient (Wildman–Crippen LogP) is 1.07. The third-order valence-electron chi connectivity index (χ3n) is 3.77. The molecule has 5 nitrogen and oxygen atoms in total. The summed E-state index contributed by atoms with van der Waals surface area (Å²) in [5.41, 5.74) is -0.524. The summed E-state index contributed by atoms with van der Waals surface area (Å²) in [5.74, 6) is -0.651. The fraction of sp³-hybridized carbons (Fsp3) is 0.667. The molecule has 0 aliphatic carbocycles. The van der Waals surface area contributed by atoms with Gasteiger partial charge in [-0.25, -0.2) is 0 Å². The lowest BCUT2D eigenvalue weighted by molar-refractivity contribution is -0.148. The summed E-state index contributed by atoms with van der Waals surface area (Å²) >= 11 is 0. The summed E-state index contributed by atoms with van der Waals surface area (Å²) in [6.45, 7) is 5.20. The summed E-state index contributed by atoms with van der Waals surface area (Å²) in [5, 5.41) is 13.4. The molecule has 94 valence electrons. The Morgan fingerprint density at radius 2 is 2.35 bits per heavy atom. The minimum absolute atomic E-state index is 0.524. The molecular weight excluding hydrogens is 218 g/mol. The van der Waals surface area contributed by atoms with Crippen molar-refractivity contribution in [1.82, 2.24) is 14.7 Å². The highest BCUT2D eigenvalue weighted by Crippen LogP contribution is 2.33. The predicted molar refractivity (Wildman–Crippen MR) is 63.6 cm³/mol. The van der Waals surface area contributed by atoms with E-state index in [4.69, 9.17) is 0 Å². The van der Waals surface area contributed by atoms with Gasteiger partial charge in [0.05, 0.1) is 12.0 Å². The van der Waals surface area contributed by atoms with Crippen LogP contribution >= 0.6 is 0 Å². The van der Waals surface area contributed by atoms with Crippen LogP contribution in [0.25, 0.3) is 0 Å². The van der Waals surface area contributed by atoms with Crippen molar-refractivity contribution >= 4 is 5.97 Å². The molecule has 0 radical (unpaired) electrons.